The second-order valence-corrected chi connectivity index (χ2v) is 5.19. The van der Waals surface area contributed by atoms with E-state index in [0.29, 0.717) is 0 Å². The van der Waals surface area contributed by atoms with Gasteiger partial charge in [-0.15, -0.1) is 0 Å². The van der Waals surface area contributed by atoms with Crippen LogP contribution < -0.4 is 10.1 Å². The molecule has 0 aliphatic carbocycles. The van der Waals surface area contributed by atoms with Gasteiger partial charge in [-0.1, -0.05) is 36.4 Å². The number of benzene rings is 2. The summed E-state index contributed by atoms with van der Waals surface area (Å²) in [6, 6.07) is 16.1. The third-order valence-corrected chi connectivity index (χ3v) is 3.85. The van der Waals surface area contributed by atoms with Crippen molar-refractivity contribution in [2.24, 2.45) is 4.99 Å². The van der Waals surface area contributed by atoms with Gasteiger partial charge in [0.1, 0.15) is 11.6 Å². The van der Waals surface area contributed by atoms with Crippen LogP contribution in [0.3, 0.4) is 0 Å². The zero-order valence-corrected chi connectivity index (χ0v) is 12.3. The number of furan rings is 1. The Bertz CT molecular complexity index is 864. The Morgan fingerprint density at radius 1 is 1.09 bits per heavy atom. The van der Waals surface area contributed by atoms with Gasteiger partial charge in [-0.25, -0.2) is 0 Å². The Morgan fingerprint density at radius 3 is 2.73 bits per heavy atom. The van der Waals surface area contributed by atoms with Gasteiger partial charge < -0.3 is 14.5 Å². The van der Waals surface area contributed by atoms with Crippen LogP contribution in [0.25, 0.3) is 22.3 Å². The summed E-state index contributed by atoms with van der Waals surface area (Å²) >= 11 is 0. The quantitative estimate of drug-likeness (QED) is 0.804. The fourth-order valence-electron chi connectivity index (χ4n) is 2.81. The maximum absolute atomic E-state index is 6.07. The summed E-state index contributed by atoms with van der Waals surface area (Å²) in [6.07, 6.45) is 0. The second kappa shape index (κ2) is 5.22. The largest absolute Gasteiger partial charge is 0.493 e. The van der Waals surface area contributed by atoms with E-state index in [4.69, 9.17) is 9.15 Å². The minimum absolute atomic E-state index is 0.748. The minimum atomic E-state index is 0.748. The number of hydrogen-bond donors (Lipinski definition) is 1. The molecule has 2 aromatic carbocycles. The minimum Gasteiger partial charge on any atom is -0.493 e. The molecule has 0 bridgehead atoms. The second-order valence-electron chi connectivity index (χ2n) is 5.19. The fourth-order valence-corrected chi connectivity index (χ4v) is 2.81. The molecular formula is C18H16N2O2. The predicted octanol–water partition coefficient (Wildman–Crippen LogP) is 3.46. The van der Waals surface area contributed by atoms with Crippen molar-refractivity contribution in [2.75, 3.05) is 20.2 Å². The average molecular weight is 292 g/mol. The van der Waals surface area contributed by atoms with E-state index in [1.54, 1.807) is 7.11 Å². The molecule has 110 valence electrons. The number of nitrogens with one attached hydrogen (secondary N) is 1. The van der Waals surface area contributed by atoms with Crippen LogP contribution in [-0.2, 0) is 0 Å². The molecular weight excluding hydrogens is 276 g/mol. The van der Waals surface area contributed by atoms with E-state index in [1.807, 2.05) is 36.4 Å². The maximum atomic E-state index is 6.07. The van der Waals surface area contributed by atoms with Crippen molar-refractivity contribution in [3.63, 3.8) is 0 Å². The maximum Gasteiger partial charge on any atom is 0.176 e. The van der Waals surface area contributed by atoms with E-state index in [9.17, 15) is 0 Å². The third kappa shape index (κ3) is 2.04. The molecule has 0 unspecified atom stereocenters. The van der Waals surface area contributed by atoms with Crippen molar-refractivity contribution in [1.29, 1.82) is 0 Å². The molecule has 1 aliphatic heterocycles. The zero-order chi connectivity index (χ0) is 14.9. The molecule has 2 heterocycles. The van der Waals surface area contributed by atoms with Crippen LogP contribution in [0.1, 0.15) is 5.56 Å². The van der Waals surface area contributed by atoms with Gasteiger partial charge >= 0.3 is 0 Å². The first-order valence-electron chi connectivity index (χ1n) is 7.31. The number of aliphatic imine (C=N–C) groups is 1. The van der Waals surface area contributed by atoms with Crippen LogP contribution >= 0.6 is 0 Å². The summed E-state index contributed by atoms with van der Waals surface area (Å²) in [7, 11) is 1.65. The highest BCUT2D eigenvalue weighted by molar-refractivity contribution is 6.05. The topological polar surface area (TPSA) is 46.8 Å². The molecule has 0 radical (unpaired) electrons. The lowest BCUT2D eigenvalue weighted by Gasteiger charge is -2.07. The highest BCUT2D eigenvalue weighted by atomic mass is 16.5. The van der Waals surface area contributed by atoms with E-state index in [-0.39, 0.29) is 0 Å². The van der Waals surface area contributed by atoms with Crippen LogP contribution in [-0.4, -0.2) is 26.0 Å². The number of ether oxygens (including phenoxy) is 1. The highest BCUT2D eigenvalue weighted by Gasteiger charge is 2.17. The average Bonchev–Trinajstić information content (AvgIpc) is 3.23. The van der Waals surface area contributed by atoms with Crippen molar-refractivity contribution < 1.29 is 9.15 Å². The Labute approximate surface area is 128 Å². The van der Waals surface area contributed by atoms with Gasteiger partial charge in [-0.3, -0.25) is 4.99 Å². The molecule has 0 spiro atoms. The van der Waals surface area contributed by atoms with Crippen LogP contribution in [0.2, 0.25) is 0 Å². The lowest BCUT2D eigenvalue weighted by Crippen LogP contribution is -2.20. The molecule has 22 heavy (non-hydrogen) atoms. The fraction of sp³-hybridized carbons (Fsp3) is 0.167. The zero-order valence-electron chi connectivity index (χ0n) is 12.3. The van der Waals surface area contributed by atoms with Gasteiger partial charge in [0.2, 0.25) is 0 Å². The van der Waals surface area contributed by atoms with Crippen LogP contribution in [0, 0.1) is 0 Å². The van der Waals surface area contributed by atoms with E-state index >= 15 is 0 Å². The molecule has 0 atom stereocenters. The van der Waals surface area contributed by atoms with Gasteiger partial charge in [0.25, 0.3) is 0 Å². The summed E-state index contributed by atoms with van der Waals surface area (Å²) in [5.41, 5.74) is 2.88. The SMILES string of the molecule is COc1cccc2cc(-c3ccccc3C3=NCCN3)oc12. The van der Waals surface area contributed by atoms with Crippen molar-refractivity contribution in [3.8, 4) is 17.1 Å². The number of nitrogens with zero attached hydrogens (tertiary/aromatic N) is 1. The highest BCUT2D eigenvalue weighted by Crippen LogP contribution is 2.34. The summed E-state index contributed by atoms with van der Waals surface area (Å²) in [6.45, 7) is 1.70. The first-order valence-corrected chi connectivity index (χ1v) is 7.31. The van der Waals surface area contributed by atoms with Gasteiger partial charge in [0.15, 0.2) is 11.3 Å². The first-order chi connectivity index (χ1) is 10.9. The normalized spacial score (nSPS) is 14.0. The predicted molar refractivity (Wildman–Crippen MR) is 87.6 cm³/mol. The number of amidine groups is 1. The van der Waals surface area contributed by atoms with Crippen LogP contribution in [0.15, 0.2) is 57.9 Å². The van der Waals surface area contributed by atoms with Gasteiger partial charge in [0, 0.05) is 23.1 Å². The Balaban J connectivity index is 1.89. The number of methoxy groups -OCH3 is 1. The molecule has 0 fully saturated rings. The summed E-state index contributed by atoms with van der Waals surface area (Å²) in [4.78, 5) is 4.52. The Morgan fingerprint density at radius 2 is 1.95 bits per heavy atom. The summed E-state index contributed by atoms with van der Waals surface area (Å²) in [5.74, 6) is 2.51. The molecule has 4 heteroatoms. The lowest BCUT2D eigenvalue weighted by atomic mass is 10.0. The third-order valence-electron chi connectivity index (χ3n) is 3.85. The van der Waals surface area contributed by atoms with Crippen molar-refractivity contribution >= 4 is 16.8 Å². The van der Waals surface area contributed by atoms with Crippen molar-refractivity contribution in [3.05, 3.63) is 54.1 Å². The molecule has 0 saturated heterocycles. The molecule has 4 nitrogen and oxygen atoms in total. The van der Waals surface area contributed by atoms with Gasteiger partial charge in [0.05, 0.1) is 13.7 Å². The molecule has 4 rings (SSSR count). The first kappa shape index (κ1) is 13.0. The van der Waals surface area contributed by atoms with Crippen LogP contribution in [0.5, 0.6) is 5.75 Å². The summed E-state index contributed by atoms with van der Waals surface area (Å²) < 4.78 is 11.4. The molecule has 1 aromatic heterocycles. The number of hydrogen-bond acceptors (Lipinski definition) is 4. The Kier molecular flexibility index (Phi) is 3.07. The van der Waals surface area contributed by atoms with E-state index in [1.165, 1.54) is 0 Å². The van der Waals surface area contributed by atoms with Crippen molar-refractivity contribution in [1.82, 2.24) is 5.32 Å². The molecule has 0 amide bonds. The summed E-state index contributed by atoms with van der Waals surface area (Å²) in [5, 5.41) is 4.36. The Hall–Kier alpha value is -2.75. The van der Waals surface area contributed by atoms with E-state index < -0.39 is 0 Å². The van der Waals surface area contributed by atoms with Crippen LogP contribution in [0.4, 0.5) is 0 Å². The monoisotopic (exact) mass is 292 g/mol. The smallest absolute Gasteiger partial charge is 0.176 e. The lowest BCUT2D eigenvalue weighted by molar-refractivity contribution is 0.411. The van der Waals surface area contributed by atoms with E-state index in [0.717, 1.165) is 52.5 Å². The van der Waals surface area contributed by atoms with Gasteiger partial charge in [-0.2, -0.15) is 0 Å². The molecule has 1 N–H and O–H groups in total. The number of para-hydroxylation sites is 1. The van der Waals surface area contributed by atoms with E-state index in [2.05, 4.69) is 22.4 Å². The van der Waals surface area contributed by atoms with Gasteiger partial charge in [-0.05, 0) is 12.1 Å². The molecule has 1 aliphatic rings. The molecule has 3 aromatic rings. The molecule has 0 saturated carbocycles. The number of fused-ring (bicyclic) bond motifs is 1. The number of rotatable bonds is 3. The van der Waals surface area contributed by atoms with Crippen molar-refractivity contribution in [2.45, 2.75) is 0 Å². The standard InChI is InChI=1S/C18H16N2O2/c1-21-15-8-4-5-12-11-16(22-17(12)15)13-6-2-3-7-14(13)18-19-9-10-20-18/h2-8,11H,9-10H2,1H3,(H,19,20).